The van der Waals surface area contributed by atoms with Crippen LogP contribution in [0.3, 0.4) is 0 Å². The minimum atomic E-state index is -0.268. The minimum absolute atomic E-state index is 0.00346. The van der Waals surface area contributed by atoms with Gasteiger partial charge in [0.05, 0.1) is 5.56 Å². The van der Waals surface area contributed by atoms with Crippen LogP contribution < -0.4 is 10.6 Å². The molecule has 2 aromatic carbocycles. The Morgan fingerprint density at radius 3 is 2.65 bits per heavy atom. The smallest absolute Gasteiger partial charge is 0.231 e. The van der Waals surface area contributed by atoms with E-state index >= 15 is 0 Å². The van der Waals surface area contributed by atoms with E-state index in [9.17, 15) is 9.90 Å². The van der Waals surface area contributed by atoms with Gasteiger partial charge in [0.15, 0.2) is 10.7 Å². The lowest BCUT2D eigenvalue weighted by molar-refractivity contribution is -0.117. The van der Waals surface area contributed by atoms with Crippen molar-refractivity contribution in [1.29, 1.82) is 0 Å². The van der Waals surface area contributed by atoms with Gasteiger partial charge in [-0.3, -0.25) is 4.79 Å². The maximum Gasteiger partial charge on any atom is 0.231 e. The molecule has 0 aliphatic rings. The number of carbonyl (C=O) groups excluding carboxylic acids is 1. The predicted octanol–water partition coefficient (Wildman–Crippen LogP) is 4.16. The molecule has 0 aliphatic carbocycles. The van der Waals surface area contributed by atoms with E-state index in [1.54, 1.807) is 12.1 Å². The van der Waals surface area contributed by atoms with Crippen molar-refractivity contribution in [1.82, 2.24) is 10.3 Å². The van der Waals surface area contributed by atoms with Gasteiger partial charge in [-0.15, -0.1) is 0 Å². The molecule has 0 unspecified atom stereocenters. The molecule has 0 saturated carbocycles. The van der Waals surface area contributed by atoms with Gasteiger partial charge in [0.25, 0.3) is 0 Å². The number of carbonyl (C=O) groups is 1. The molecule has 0 fully saturated rings. The third kappa shape index (κ3) is 3.83. The third-order valence-electron chi connectivity index (χ3n) is 3.85. The maximum absolute atomic E-state index is 11.0. The van der Waals surface area contributed by atoms with Crippen molar-refractivity contribution < 1.29 is 14.3 Å². The maximum atomic E-state index is 11.0. The molecular formula is C19H19N3O3S. The van der Waals surface area contributed by atoms with Crippen LogP contribution >= 0.6 is 12.2 Å². The van der Waals surface area contributed by atoms with E-state index in [1.807, 2.05) is 18.2 Å². The average Bonchev–Trinajstić information content (AvgIpc) is 2.96. The lowest BCUT2D eigenvalue weighted by Crippen LogP contribution is -2.32. The molecule has 3 rings (SSSR count). The van der Waals surface area contributed by atoms with Crippen LogP contribution in [0.4, 0.5) is 5.69 Å². The Morgan fingerprint density at radius 2 is 2.00 bits per heavy atom. The van der Waals surface area contributed by atoms with Gasteiger partial charge in [-0.2, -0.15) is 0 Å². The van der Waals surface area contributed by atoms with Gasteiger partial charge in [-0.05, 0) is 48.0 Å². The fraction of sp³-hybridized carbons (Fsp3) is 0.211. The number of benzene rings is 2. The first-order chi connectivity index (χ1) is 12.3. The zero-order valence-corrected chi connectivity index (χ0v) is 15.5. The number of phenols is 1. The molecule has 7 heteroatoms. The molecule has 1 heterocycles. The monoisotopic (exact) mass is 369 g/mol. The summed E-state index contributed by atoms with van der Waals surface area (Å²) in [6, 6.07) is 10.8. The summed E-state index contributed by atoms with van der Waals surface area (Å²) in [5.41, 5.74) is 3.61. The SMILES string of the molecule is CC(=O)NC(=S)Nc1ccc(-c2nc3cc(C(C)C)ccc3o2)c(O)c1. The van der Waals surface area contributed by atoms with Crippen LogP contribution in [0.15, 0.2) is 40.8 Å². The summed E-state index contributed by atoms with van der Waals surface area (Å²) in [6.45, 7) is 5.60. The molecule has 0 aliphatic heterocycles. The lowest BCUT2D eigenvalue weighted by Gasteiger charge is -2.09. The zero-order valence-electron chi connectivity index (χ0n) is 14.7. The van der Waals surface area contributed by atoms with Gasteiger partial charge in [-0.25, -0.2) is 4.98 Å². The summed E-state index contributed by atoms with van der Waals surface area (Å²) < 4.78 is 5.77. The Morgan fingerprint density at radius 1 is 1.23 bits per heavy atom. The quantitative estimate of drug-likeness (QED) is 0.601. The van der Waals surface area contributed by atoms with Crippen molar-refractivity contribution in [3.05, 3.63) is 42.0 Å². The van der Waals surface area contributed by atoms with Gasteiger partial charge in [-0.1, -0.05) is 19.9 Å². The molecule has 0 bridgehead atoms. The number of aromatic hydroxyl groups is 1. The van der Waals surface area contributed by atoms with Crippen LogP contribution in [0.5, 0.6) is 5.75 Å². The largest absolute Gasteiger partial charge is 0.507 e. The zero-order chi connectivity index (χ0) is 18.8. The minimum Gasteiger partial charge on any atom is -0.507 e. The Labute approximate surface area is 156 Å². The number of rotatable bonds is 3. The molecule has 0 spiro atoms. The molecule has 0 saturated heterocycles. The number of thiocarbonyl (C=S) groups is 1. The fourth-order valence-electron chi connectivity index (χ4n) is 2.53. The normalized spacial score (nSPS) is 10.9. The molecule has 26 heavy (non-hydrogen) atoms. The highest BCUT2D eigenvalue weighted by molar-refractivity contribution is 7.80. The first kappa shape index (κ1) is 17.9. The number of oxazole rings is 1. The molecule has 0 atom stereocenters. The number of nitrogens with zero attached hydrogens (tertiary/aromatic N) is 1. The summed E-state index contributed by atoms with van der Waals surface area (Å²) in [5, 5.41) is 15.8. The number of nitrogens with one attached hydrogen (secondary N) is 2. The van der Waals surface area contributed by atoms with E-state index in [0.29, 0.717) is 28.6 Å². The van der Waals surface area contributed by atoms with E-state index in [0.717, 1.165) is 5.52 Å². The van der Waals surface area contributed by atoms with Crippen LogP contribution in [0, 0.1) is 0 Å². The molecule has 3 N–H and O–H groups in total. The van der Waals surface area contributed by atoms with Gasteiger partial charge in [0.2, 0.25) is 11.8 Å². The van der Waals surface area contributed by atoms with Gasteiger partial charge >= 0.3 is 0 Å². The molecule has 6 nitrogen and oxygen atoms in total. The van der Waals surface area contributed by atoms with E-state index < -0.39 is 0 Å². The topological polar surface area (TPSA) is 87.4 Å². The lowest BCUT2D eigenvalue weighted by atomic mass is 10.0. The summed E-state index contributed by atoms with van der Waals surface area (Å²) >= 11 is 5.00. The molecule has 3 aromatic rings. The number of anilines is 1. The van der Waals surface area contributed by atoms with Crippen LogP contribution in [-0.4, -0.2) is 21.1 Å². The van der Waals surface area contributed by atoms with Crippen LogP contribution in [0.1, 0.15) is 32.3 Å². The first-order valence-electron chi connectivity index (χ1n) is 8.16. The Kier molecular flexibility index (Phi) is 4.90. The molecule has 1 aromatic heterocycles. The van der Waals surface area contributed by atoms with E-state index in [4.69, 9.17) is 16.6 Å². The second-order valence-electron chi connectivity index (χ2n) is 6.27. The van der Waals surface area contributed by atoms with Crippen molar-refractivity contribution in [3.8, 4) is 17.2 Å². The number of phenolic OH excluding ortho intramolecular Hbond substituents is 1. The number of hydrogen-bond donors (Lipinski definition) is 3. The Balaban J connectivity index is 1.88. The summed E-state index contributed by atoms with van der Waals surface area (Å²) in [5.74, 6) is 0.465. The average molecular weight is 369 g/mol. The number of fused-ring (bicyclic) bond motifs is 1. The highest BCUT2D eigenvalue weighted by atomic mass is 32.1. The standard InChI is InChI=1S/C19H19N3O3S/c1-10(2)12-4-7-17-15(8-12)22-18(25-17)14-6-5-13(9-16(14)24)21-19(26)20-11(3)23/h4-10,24H,1-3H3,(H2,20,21,23,26). The highest BCUT2D eigenvalue weighted by Crippen LogP contribution is 2.33. The molecular weight excluding hydrogens is 350 g/mol. The van der Waals surface area contributed by atoms with Crippen molar-refractivity contribution in [2.75, 3.05) is 5.32 Å². The molecule has 1 amide bonds. The van der Waals surface area contributed by atoms with Crippen molar-refractivity contribution in [3.63, 3.8) is 0 Å². The molecule has 134 valence electrons. The molecule has 0 radical (unpaired) electrons. The Hall–Kier alpha value is -2.93. The van der Waals surface area contributed by atoms with E-state index in [-0.39, 0.29) is 16.8 Å². The number of amides is 1. The predicted molar refractivity (Wildman–Crippen MR) is 105 cm³/mol. The van der Waals surface area contributed by atoms with E-state index in [2.05, 4.69) is 29.5 Å². The summed E-state index contributed by atoms with van der Waals surface area (Å²) in [4.78, 5) is 15.5. The van der Waals surface area contributed by atoms with Gasteiger partial charge in [0.1, 0.15) is 11.3 Å². The fourth-order valence-corrected chi connectivity index (χ4v) is 2.79. The third-order valence-corrected chi connectivity index (χ3v) is 4.06. The van der Waals surface area contributed by atoms with Gasteiger partial charge in [0, 0.05) is 18.7 Å². The van der Waals surface area contributed by atoms with Crippen LogP contribution in [-0.2, 0) is 4.79 Å². The second kappa shape index (κ2) is 7.13. The van der Waals surface area contributed by atoms with Crippen molar-refractivity contribution >= 4 is 40.0 Å². The Bertz CT molecular complexity index is 995. The van der Waals surface area contributed by atoms with Crippen LogP contribution in [0.2, 0.25) is 0 Å². The number of hydrogen-bond acceptors (Lipinski definition) is 5. The first-order valence-corrected chi connectivity index (χ1v) is 8.57. The van der Waals surface area contributed by atoms with Gasteiger partial charge < -0.3 is 20.2 Å². The number of aromatic nitrogens is 1. The van der Waals surface area contributed by atoms with Crippen molar-refractivity contribution in [2.24, 2.45) is 0 Å². The second-order valence-corrected chi connectivity index (χ2v) is 6.68. The summed E-state index contributed by atoms with van der Waals surface area (Å²) in [7, 11) is 0. The van der Waals surface area contributed by atoms with E-state index in [1.165, 1.54) is 18.6 Å². The van der Waals surface area contributed by atoms with Crippen molar-refractivity contribution in [2.45, 2.75) is 26.7 Å². The summed E-state index contributed by atoms with van der Waals surface area (Å²) in [6.07, 6.45) is 0. The highest BCUT2D eigenvalue weighted by Gasteiger charge is 2.14. The van der Waals surface area contributed by atoms with Crippen LogP contribution in [0.25, 0.3) is 22.6 Å².